The maximum absolute atomic E-state index is 10.1. The normalized spacial score (nSPS) is 10.5. The van der Waals surface area contributed by atoms with Crippen LogP contribution in [-0.4, -0.2) is 54.8 Å². The summed E-state index contributed by atoms with van der Waals surface area (Å²) in [5.74, 6) is 2.11. The van der Waals surface area contributed by atoms with Gasteiger partial charge in [0.2, 0.25) is 0 Å². The Balaban J connectivity index is 2.96. The fraction of sp³-hybridized carbons (Fsp3) is 0.875. The van der Waals surface area contributed by atoms with Crippen molar-refractivity contribution in [2.75, 3.05) is 38.7 Å². The van der Waals surface area contributed by atoms with E-state index in [1.807, 2.05) is 10.8 Å². The van der Waals surface area contributed by atoms with Gasteiger partial charge in [0.25, 0.3) is 0 Å². The number of carboxylic acid groups (broad SMARTS) is 1. The van der Waals surface area contributed by atoms with Crippen molar-refractivity contribution in [3.8, 4) is 0 Å². The van der Waals surface area contributed by atoms with Crippen molar-refractivity contribution in [1.29, 1.82) is 0 Å². The Morgan fingerprint density at radius 2 is 2.00 bits per heavy atom. The van der Waals surface area contributed by atoms with Gasteiger partial charge < -0.3 is 15.3 Å². The Bertz CT molecular complexity index is 156. The molecule has 0 aliphatic carbocycles. The van der Waals surface area contributed by atoms with Gasteiger partial charge in [0, 0.05) is 24.6 Å². The van der Waals surface area contributed by atoms with Crippen molar-refractivity contribution < 1.29 is 9.90 Å². The van der Waals surface area contributed by atoms with Crippen LogP contribution in [0, 0.1) is 0 Å². The standard InChI is InChI=1S/C8H18N2O2S2/c1-10(2)5-7-14-13-6-3-4-9-8(11)12/h9H,3-7H2,1-2H3,(H,11,12). The lowest BCUT2D eigenvalue weighted by atomic mass is 10.5. The smallest absolute Gasteiger partial charge is 0.404 e. The topological polar surface area (TPSA) is 52.6 Å². The lowest BCUT2D eigenvalue weighted by Crippen LogP contribution is -2.22. The third kappa shape index (κ3) is 11.9. The van der Waals surface area contributed by atoms with Gasteiger partial charge in [-0.2, -0.15) is 0 Å². The van der Waals surface area contributed by atoms with Crippen LogP contribution in [0.5, 0.6) is 0 Å². The fourth-order valence-electron chi connectivity index (χ4n) is 0.664. The number of hydrogen-bond acceptors (Lipinski definition) is 4. The summed E-state index contributed by atoms with van der Waals surface area (Å²) in [5, 5.41) is 10.6. The van der Waals surface area contributed by atoms with Gasteiger partial charge in [-0.1, -0.05) is 21.6 Å². The molecule has 0 aromatic heterocycles. The van der Waals surface area contributed by atoms with Crippen LogP contribution in [0.3, 0.4) is 0 Å². The van der Waals surface area contributed by atoms with E-state index in [0.717, 1.165) is 24.5 Å². The third-order valence-electron chi connectivity index (χ3n) is 1.39. The van der Waals surface area contributed by atoms with Crippen molar-refractivity contribution in [2.45, 2.75) is 6.42 Å². The van der Waals surface area contributed by atoms with Crippen LogP contribution in [0.25, 0.3) is 0 Å². The maximum Gasteiger partial charge on any atom is 0.404 e. The number of rotatable bonds is 8. The third-order valence-corrected chi connectivity index (χ3v) is 3.86. The first-order chi connectivity index (χ1) is 6.63. The average molecular weight is 238 g/mol. The molecular weight excluding hydrogens is 220 g/mol. The zero-order valence-electron chi connectivity index (χ0n) is 8.65. The molecule has 0 rings (SSSR count). The Labute approximate surface area is 93.2 Å². The maximum atomic E-state index is 10.1. The van der Waals surface area contributed by atoms with E-state index in [2.05, 4.69) is 24.3 Å². The molecule has 0 aromatic carbocycles. The van der Waals surface area contributed by atoms with Gasteiger partial charge in [0.15, 0.2) is 0 Å². The second kappa shape index (κ2) is 9.48. The largest absolute Gasteiger partial charge is 0.465 e. The van der Waals surface area contributed by atoms with Gasteiger partial charge in [-0.05, 0) is 20.5 Å². The Kier molecular flexibility index (Phi) is 9.44. The first-order valence-corrected chi connectivity index (χ1v) is 6.97. The molecule has 6 heteroatoms. The highest BCUT2D eigenvalue weighted by Gasteiger charge is 1.95. The van der Waals surface area contributed by atoms with Crippen molar-refractivity contribution in [3.05, 3.63) is 0 Å². The monoisotopic (exact) mass is 238 g/mol. The van der Waals surface area contributed by atoms with E-state index in [1.165, 1.54) is 0 Å². The minimum atomic E-state index is -0.935. The average Bonchev–Trinajstić information content (AvgIpc) is 2.08. The predicted molar refractivity (Wildman–Crippen MR) is 64.1 cm³/mol. The van der Waals surface area contributed by atoms with E-state index >= 15 is 0 Å². The first kappa shape index (κ1) is 13.9. The van der Waals surface area contributed by atoms with Crippen LogP contribution in [0.1, 0.15) is 6.42 Å². The molecule has 0 radical (unpaired) electrons. The second-order valence-corrected chi connectivity index (χ2v) is 5.73. The molecule has 0 heterocycles. The number of amides is 1. The minimum absolute atomic E-state index is 0.552. The van der Waals surface area contributed by atoms with Gasteiger partial charge in [-0.15, -0.1) is 0 Å². The van der Waals surface area contributed by atoms with E-state index in [-0.39, 0.29) is 0 Å². The molecule has 0 spiro atoms. The molecule has 0 aromatic rings. The Morgan fingerprint density at radius 1 is 1.36 bits per heavy atom. The summed E-state index contributed by atoms with van der Waals surface area (Å²) in [6.07, 6.45) is -0.0402. The molecule has 0 saturated carbocycles. The van der Waals surface area contributed by atoms with Crippen LogP contribution < -0.4 is 5.32 Å². The summed E-state index contributed by atoms with van der Waals surface area (Å²) < 4.78 is 0. The van der Waals surface area contributed by atoms with Gasteiger partial charge >= 0.3 is 6.09 Å². The van der Waals surface area contributed by atoms with E-state index in [1.54, 1.807) is 10.8 Å². The summed E-state index contributed by atoms with van der Waals surface area (Å²) in [5.41, 5.74) is 0. The highest BCUT2D eigenvalue weighted by molar-refractivity contribution is 8.76. The van der Waals surface area contributed by atoms with Gasteiger partial charge in [0.05, 0.1) is 0 Å². The zero-order chi connectivity index (χ0) is 10.8. The molecule has 2 N–H and O–H groups in total. The zero-order valence-corrected chi connectivity index (χ0v) is 10.3. The summed E-state index contributed by atoms with van der Waals surface area (Å²) in [4.78, 5) is 12.2. The molecular formula is C8H18N2O2S2. The van der Waals surface area contributed by atoms with E-state index < -0.39 is 6.09 Å². The van der Waals surface area contributed by atoms with Crippen molar-refractivity contribution in [3.63, 3.8) is 0 Å². The number of carbonyl (C=O) groups is 1. The SMILES string of the molecule is CN(C)CCSSCCCNC(=O)O. The lowest BCUT2D eigenvalue weighted by molar-refractivity contribution is 0.194. The molecule has 0 unspecified atom stereocenters. The van der Waals surface area contributed by atoms with E-state index in [4.69, 9.17) is 5.11 Å². The first-order valence-electron chi connectivity index (χ1n) is 4.49. The lowest BCUT2D eigenvalue weighted by Gasteiger charge is -2.07. The Hall–Kier alpha value is -0.0700. The minimum Gasteiger partial charge on any atom is -0.465 e. The molecule has 0 atom stereocenters. The molecule has 84 valence electrons. The molecule has 4 nitrogen and oxygen atoms in total. The highest BCUT2D eigenvalue weighted by Crippen LogP contribution is 2.21. The van der Waals surface area contributed by atoms with Crippen LogP contribution in [0.15, 0.2) is 0 Å². The molecule has 0 saturated heterocycles. The number of nitrogens with zero attached hydrogens (tertiary/aromatic N) is 1. The summed E-state index contributed by atoms with van der Waals surface area (Å²) >= 11 is 0. The van der Waals surface area contributed by atoms with Crippen molar-refractivity contribution in [1.82, 2.24) is 10.2 Å². The molecule has 14 heavy (non-hydrogen) atoms. The quantitative estimate of drug-likeness (QED) is 0.497. The predicted octanol–water partition coefficient (Wildman–Crippen LogP) is 1.59. The molecule has 1 amide bonds. The van der Waals surface area contributed by atoms with Gasteiger partial charge in [-0.25, -0.2) is 4.79 Å². The van der Waals surface area contributed by atoms with Crippen LogP contribution in [0.4, 0.5) is 4.79 Å². The van der Waals surface area contributed by atoms with Crippen LogP contribution in [-0.2, 0) is 0 Å². The molecule has 0 aliphatic rings. The summed E-state index contributed by atoms with van der Waals surface area (Å²) in [6, 6.07) is 0. The van der Waals surface area contributed by atoms with Crippen molar-refractivity contribution in [2.24, 2.45) is 0 Å². The van der Waals surface area contributed by atoms with Gasteiger partial charge in [-0.3, -0.25) is 0 Å². The highest BCUT2D eigenvalue weighted by atomic mass is 33.1. The summed E-state index contributed by atoms with van der Waals surface area (Å²) in [6.45, 7) is 1.64. The fourth-order valence-corrected chi connectivity index (χ4v) is 2.89. The Morgan fingerprint density at radius 3 is 2.57 bits per heavy atom. The summed E-state index contributed by atoms with van der Waals surface area (Å²) in [7, 11) is 7.76. The molecule has 0 aliphatic heterocycles. The molecule has 0 bridgehead atoms. The van der Waals surface area contributed by atoms with E-state index in [0.29, 0.717) is 6.54 Å². The number of hydrogen-bond donors (Lipinski definition) is 2. The van der Waals surface area contributed by atoms with Gasteiger partial charge in [0.1, 0.15) is 0 Å². The van der Waals surface area contributed by atoms with Crippen LogP contribution >= 0.6 is 21.6 Å². The molecule has 0 fully saturated rings. The van der Waals surface area contributed by atoms with Crippen molar-refractivity contribution >= 4 is 27.7 Å². The van der Waals surface area contributed by atoms with E-state index in [9.17, 15) is 4.79 Å². The van der Waals surface area contributed by atoms with Crippen LogP contribution in [0.2, 0.25) is 0 Å². The number of nitrogens with one attached hydrogen (secondary N) is 1. The second-order valence-electron chi connectivity index (χ2n) is 3.03.